The molecule has 1 N–H and O–H groups in total. The number of fused-ring (bicyclic) bond motifs is 1. The number of ether oxygens (including phenoxy) is 2. The molecule has 0 amide bonds. The molecule has 0 spiro atoms. The van der Waals surface area contributed by atoms with E-state index in [9.17, 15) is 0 Å². The van der Waals surface area contributed by atoms with Crippen LogP contribution in [0.2, 0.25) is 0 Å². The Kier molecular flexibility index (Phi) is 6.34. The molecule has 2 aromatic heterocycles. The summed E-state index contributed by atoms with van der Waals surface area (Å²) in [7, 11) is 1.60. The molecule has 0 aliphatic heterocycles. The number of rotatable bonds is 6. The number of pyridine rings is 1. The van der Waals surface area contributed by atoms with Crippen molar-refractivity contribution in [2.24, 2.45) is 0 Å². The minimum Gasteiger partial charge on any atom is -0.493 e. The lowest BCUT2D eigenvalue weighted by molar-refractivity contribution is 0.318. The summed E-state index contributed by atoms with van der Waals surface area (Å²) >= 11 is 1.69. The number of methoxy groups -OCH3 is 1. The fraction of sp³-hybridized carbons (Fsp3) is 0.294. The van der Waals surface area contributed by atoms with Gasteiger partial charge in [-0.2, -0.15) is 4.98 Å². The first-order valence-electron chi connectivity index (χ1n) is 7.47. The molecule has 128 valence electrons. The fourth-order valence-corrected chi connectivity index (χ4v) is 2.70. The molecule has 0 unspecified atom stereocenters. The second-order valence-electron chi connectivity index (χ2n) is 5.02. The molecule has 0 saturated carbocycles. The summed E-state index contributed by atoms with van der Waals surface area (Å²) in [6.45, 7) is 2.77. The lowest BCUT2D eigenvalue weighted by Crippen LogP contribution is -1.97. The minimum atomic E-state index is 0. The van der Waals surface area contributed by atoms with Crippen molar-refractivity contribution >= 4 is 35.3 Å². The van der Waals surface area contributed by atoms with E-state index in [1.807, 2.05) is 18.2 Å². The van der Waals surface area contributed by atoms with Gasteiger partial charge in [-0.1, -0.05) is 6.92 Å². The third kappa shape index (κ3) is 3.76. The Balaban J connectivity index is 0.00000208. The van der Waals surface area contributed by atoms with Crippen LogP contribution in [0.25, 0.3) is 22.6 Å². The van der Waals surface area contributed by atoms with Crippen LogP contribution >= 0.6 is 24.2 Å². The molecular weight excluding hydrogens is 346 g/mol. The van der Waals surface area contributed by atoms with Gasteiger partial charge in [0.1, 0.15) is 11.6 Å². The fourth-order valence-electron chi connectivity index (χ4n) is 2.27. The molecule has 0 radical (unpaired) electrons. The van der Waals surface area contributed by atoms with E-state index >= 15 is 0 Å². The van der Waals surface area contributed by atoms with E-state index in [1.165, 1.54) is 0 Å². The number of halogens is 1. The largest absolute Gasteiger partial charge is 0.493 e. The minimum absolute atomic E-state index is 0. The second kappa shape index (κ2) is 8.26. The Morgan fingerprint density at radius 2 is 2.00 bits per heavy atom. The zero-order valence-corrected chi connectivity index (χ0v) is 15.5. The molecule has 0 bridgehead atoms. The molecular formula is C17H20ClN3O2S. The quantitative estimate of drug-likeness (QED) is 0.648. The highest BCUT2D eigenvalue weighted by Crippen LogP contribution is 2.33. The van der Waals surface area contributed by atoms with Gasteiger partial charge in [0.05, 0.1) is 24.8 Å². The molecule has 7 heteroatoms. The van der Waals surface area contributed by atoms with Crippen molar-refractivity contribution in [2.75, 3.05) is 20.0 Å². The number of thioether (sulfide) groups is 1. The summed E-state index contributed by atoms with van der Waals surface area (Å²) < 4.78 is 11.1. The maximum atomic E-state index is 5.91. The Morgan fingerprint density at radius 1 is 1.17 bits per heavy atom. The average molecular weight is 366 g/mol. The van der Waals surface area contributed by atoms with Crippen LogP contribution in [0, 0.1) is 0 Å². The number of hydrogen-bond acceptors (Lipinski definition) is 5. The Labute approximate surface area is 151 Å². The molecule has 5 nitrogen and oxygen atoms in total. The maximum Gasteiger partial charge on any atom is 0.215 e. The van der Waals surface area contributed by atoms with Gasteiger partial charge in [0.15, 0.2) is 5.65 Å². The first-order valence-corrected chi connectivity index (χ1v) is 8.69. The molecule has 0 atom stereocenters. The lowest BCUT2D eigenvalue weighted by atomic mass is 10.2. The van der Waals surface area contributed by atoms with E-state index in [4.69, 9.17) is 9.47 Å². The van der Waals surface area contributed by atoms with Crippen molar-refractivity contribution in [1.82, 2.24) is 15.0 Å². The van der Waals surface area contributed by atoms with Crippen LogP contribution in [-0.4, -0.2) is 34.9 Å². The second-order valence-corrected chi connectivity index (χ2v) is 5.90. The van der Waals surface area contributed by atoms with Crippen LogP contribution in [0.15, 0.2) is 35.2 Å². The lowest BCUT2D eigenvalue weighted by Gasteiger charge is -2.10. The van der Waals surface area contributed by atoms with Crippen molar-refractivity contribution in [2.45, 2.75) is 18.2 Å². The molecule has 0 fully saturated rings. The van der Waals surface area contributed by atoms with Crippen molar-refractivity contribution in [3.05, 3.63) is 30.3 Å². The van der Waals surface area contributed by atoms with Crippen LogP contribution in [0.1, 0.15) is 13.3 Å². The van der Waals surface area contributed by atoms with Crippen LogP contribution in [0.5, 0.6) is 11.6 Å². The van der Waals surface area contributed by atoms with Crippen molar-refractivity contribution in [3.8, 4) is 23.0 Å². The predicted molar refractivity (Wildman–Crippen MR) is 101 cm³/mol. The molecule has 2 heterocycles. The normalized spacial score (nSPS) is 10.5. The predicted octanol–water partition coefficient (Wildman–Crippen LogP) is 4.57. The number of nitrogens with one attached hydrogen (secondary N) is 1. The van der Waals surface area contributed by atoms with Gasteiger partial charge in [0, 0.05) is 11.0 Å². The number of benzene rings is 1. The average Bonchev–Trinajstić information content (AvgIpc) is 3.02. The number of imidazole rings is 1. The molecule has 0 saturated heterocycles. The summed E-state index contributed by atoms with van der Waals surface area (Å²) in [5.74, 6) is 2.14. The van der Waals surface area contributed by atoms with Crippen LogP contribution in [0.3, 0.4) is 0 Å². The number of nitrogens with zero attached hydrogens (tertiary/aromatic N) is 2. The van der Waals surface area contributed by atoms with Crippen molar-refractivity contribution in [3.63, 3.8) is 0 Å². The topological polar surface area (TPSA) is 60.0 Å². The van der Waals surface area contributed by atoms with Crippen LogP contribution in [0.4, 0.5) is 0 Å². The highest BCUT2D eigenvalue weighted by atomic mass is 35.5. The Hall–Kier alpha value is -1.92. The van der Waals surface area contributed by atoms with E-state index in [-0.39, 0.29) is 12.4 Å². The van der Waals surface area contributed by atoms with E-state index in [1.54, 1.807) is 18.9 Å². The van der Waals surface area contributed by atoms with Crippen LogP contribution in [-0.2, 0) is 0 Å². The van der Waals surface area contributed by atoms with Gasteiger partial charge >= 0.3 is 0 Å². The Morgan fingerprint density at radius 3 is 2.71 bits per heavy atom. The first-order chi connectivity index (χ1) is 11.2. The van der Waals surface area contributed by atoms with Crippen molar-refractivity contribution in [1.29, 1.82) is 0 Å². The summed E-state index contributed by atoms with van der Waals surface area (Å²) in [4.78, 5) is 13.4. The highest BCUT2D eigenvalue weighted by Gasteiger charge is 2.13. The highest BCUT2D eigenvalue weighted by molar-refractivity contribution is 7.98. The Bertz CT molecular complexity index is 823. The van der Waals surface area contributed by atoms with E-state index in [2.05, 4.69) is 40.3 Å². The zero-order chi connectivity index (χ0) is 16.2. The maximum absolute atomic E-state index is 5.91. The van der Waals surface area contributed by atoms with E-state index in [0.717, 1.165) is 34.0 Å². The standard InChI is InChI=1S/C17H19N3O2S.ClH/c1-4-9-22-14-10-11(23-3)5-6-12(14)16-18-13-7-8-15(21-2)19-17(13)20-16;/h5-8,10H,4,9H2,1-3H3,(H,18,19,20);1H. The van der Waals surface area contributed by atoms with Gasteiger partial charge in [-0.25, -0.2) is 4.98 Å². The molecule has 24 heavy (non-hydrogen) atoms. The zero-order valence-electron chi connectivity index (χ0n) is 13.8. The third-order valence-electron chi connectivity index (χ3n) is 3.44. The molecule has 0 aliphatic carbocycles. The monoisotopic (exact) mass is 365 g/mol. The number of aromatic amines is 1. The number of H-pyrrole nitrogens is 1. The van der Waals surface area contributed by atoms with Gasteiger partial charge < -0.3 is 14.5 Å². The number of aromatic nitrogens is 3. The van der Waals surface area contributed by atoms with E-state index in [0.29, 0.717) is 18.1 Å². The van der Waals surface area contributed by atoms with Gasteiger partial charge in [-0.05, 0) is 36.9 Å². The van der Waals surface area contributed by atoms with Crippen LogP contribution < -0.4 is 9.47 Å². The molecule has 1 aromatic carbocycles. The summed E-state index contributed by atoms with van der Waals surface area (Å²) in [5.41, 5.74) is 2.44. The SMILES string of the molecule is CCCOc1cc(SC)ccc1-c1nc2nc(OC)ccc2[nH]1.Cl. The molecule has 0 aliphatic rings. The molecule has 3 rings (SSSR count). The van der Waals surface area contributed by atoms with Crippen molar-refractivity contribution < 1.29 is 9.47 Å². The van der Waals surface area contributed by atoms with Gasteiger partial charge in [0.2, 0.25) is 5.88 Å². The smallest absolute Gasteiger partial charge is 0.215 e. The summed E-state index contributed by atoms with van der Waals surface area (Å²) in [6.07, 6.45) is 3.01. The third-order valence-corrected chi connectivity index (χ3v) is 4.16. The summed E-state index contributed by atoms with van der Waals surface area (Å²) in [6, 6.07) is 9.89. The molecule has 3 aromatic rings. The first kappa shape index (κ1) is 18.4. The van der Waals surface area contributed by atoms with E-state index < -0.39 is 0 Å². The van der Waals surface area contributed by atoms with Gasteiger partial charge in [-0.3, -0.25) is 0 Å². The summed E-state index contributed by atoms with van der Waals surface area (Å²) in [5, 5.41) is 0. The van der Waals surface area contributed by atoms with Gasteiger partial charge in [0.25, 0.3) is 0 Å². The van der Waals surface area contributed by atoms with Gasteiger partial charge in [-0.15, -0.1) is 24.2 Å². The number of hydrogen-bond donors (Lipinski definition) is 1.